The van der Waals surface area contributed by atoms with E-state index in [-0.39, 0.29) is 5.82 Å². The van der Waals surface area contributed by atoms with Crippen molar-refractivity contribution in [2.45, 2.75) is 32.8 Å². The molecule has 2 aromatic rings. The van der Waals surface area contributed by atoms with Gasteiger partial charge in [0.1, 0.15) is 5.82 Å². The lowest BCUT2D eigenvalue weighted by Crippen LogP contribution is -2.15. The minimum absolute atomic E-state index is 0.324. The normalized spacial score (nSPS) is 12.7. The monoisotopic (exact) mass is 296 g/mol. The van der Waals surface area contributed by atoms with Gasteiger partial charge in [-0.2, -0.15) is 5.10 Å². The molecule has 0 amide bonds. The van der Waals surface area contributed by atoms with Crippen molar-refractivity contribution in [3.05, 3.63) is 51.6 Å². The Kier molecular flexibility index (Phi) is 4.45. The maximum Gasteiger partial charge on any atom is 0.123 e. The molecule has 0 fully saturated rings. The first-order valence-corrected chi connectivity index (χ1v) is 6.87. The zero-order chi connectivity index (χ0) is 14.9. The summed E-state index contributed by atoms with van der Waals surface area (Å²) in [6.45, 7) is 3.89. The van der Waals surface area contributed by atoms with Gasteiger partial charge in [-0.3, -0.25) is 4.68 Å². The fourth-order valence-electron chi connectivity index (χ4n) is 2.37. The quantitative estimate of drug-likeness (QED) is 0.942. The Labute approximate surface area is 123 Å². The van der Waals surface area contributed by atoms with Gasteiger partial charge in [-0.25, -0.2) is 4.39 Å². The van der Waals surface area contributed by atoms with Gasteiger partial charge in [-0.15, -0.1) is 0 Å². The van der Waals surface area contributed by atoms with E-state index in [0.717, 1.165) is 17.0 Å². The number of halogens is 2. The Morgan fingerprint density at radius 3 is 2.65 bits per heavy atom. The van der Waals surface area contributed by atoms with E-state index in [1.54, 1.807) is 4.68 Å². The number of benzene rings is 1. The average molecular weight is 297 g/mol. The third-order valence-electron chi connectivity index (χ3n) is 3.56. The highest BCUT2D eigenvalue weighted by molar-refractivity contribution is 6.31. The van der Waals surface area contributed by atoms with Gasteiger partial charge in [0.15, 0.2) is 0 Å². The first-order chi connectivity index (χ1) is 9.38. The summed E-state index contributed by atoms with van der Waals surface area (Å²) < 4.78 is 15.0. The second-order valence-corrected chi connectivity index (χ2v) is 5.48. The molecule has 1 unspecified atom stereocenters. The van der Waals surface area contributed by atoms with E-state index in [9.17, 15) is 9.50 Å². The van der Waals surface area contributed by atoms with Gasteiger partial charge < -0.3 is 5.11 Å². The van der Waals surface area contributed by atoms with Crippen LogP contribution in [0.1, 0.15) is 22.5 Å². The number of aromatic nitrogens is 2. The predicted molar refractivity (Wildman–Crippen MR) is 77.5 cm³/mol. The number of aliphatic hydroxyl groups is 1. The number of rotatable bonds is 4. The Morgan fingerprint density at radius 2 is 2.05 bits per heavy atom. The van der Waals surface area contributed by atoms with Crippen molar-refractivity contribution in [1.29, 1.82) is 0 Å². The molecule has 108 valence electrons. The summed E-state index contributed by atoms with van der Waals surface area (Å²) in [5.41, 5.74) is 3.60. The molecule has 2 rings (SSSR count). The van der Waals surface area contributed by atoms with Crippen LogP contribution in [0, 0.1) is 19.7 Å². The van der Waals surface area contributed by atoms with Crippen molar-refractivity contribution in [2.24, 2.45) is 7.05 Å². The van der Waals surface area contributed by atoms with Crippen LogP contribution in [0.25, 0.3) is 0 Å². The molecule has 1 N–H and O–H groups in total. The fraction of sp³-hybridized carbons (Fsp3) is 0.400. The van der Waals surface area contributed by atoms with Gasteiger partial charge in [0.05, 0.1) is 11.8 Å². The van der Waals surface area contributed by atoms with E-state index in [4.69, 9.17) is 11.6 Å². The lowest BCUT2D eigenvalue weighted by molar-refractivity contribution is 0.175. The van der Waals surface area contributed by atoms with E-state index in [2.05, 4.69) is 5.10 Å². The molecule has 0 radical (unpaired) electrons. The topological polar surface area (TPSA) is 38.0 Å². The molecular formula is C15H18ClFN2O. The summed E-state index contributed by atoms with van der Waals surface area (Å²) in [5.74, 6) is -0.342. The minimum atomic E-state index is -0.615. The van der Waals surface area contributed by atoms with Gasteiger partial charge in [0.25, 0.3) is 0 Å². The molecule has 0 saturated heterocycles. The van der Waals surface area contributed by atoms with Gasteiger partial charge in [-0.1, -0.05) is 11.6 Å². The van der Waals surface area contributed by atoms with E-state index < -0.39 is 6.10 Å². The fourth-order valence-corrected chi connectivity index (χ4v) is 2.57. The van der Waals surface area contributed by atoms with E-state index >= 15 is 0 Å². The van der Waals surface area contributed by atoms with E-state index in [0.29, 0.717) is 23.4 Å². The van der Waals surface area contributed by atoms with Crippen molar-refractivity contribution in [1.82, 2.24) is 9.78 Å². The molecule has 5 heteroatoms. The van der Waals surface area contributed by atoms with Gasteiger partial charge in [-0.05, 0) is 43.2 Å². The molecular weight excluding hydrogens is 279 g/mol. The molecule has 1 heterocycles. The van der Waals surface area contributed by atoms with Crippen LogP contribution in [0.2, 0.25) is 5.02 Å². The lowest BCUT2D eigenvalue weighted by atomic mass is 10.00. The first-order valence-electron chi connectivity index (χ1n) is 6.49. The van der Waals surface area contributed by atoms with Crippen LogP contribution in [0.4, 0.5) is 4.39 Å². The van der Waals surface area contributed by atoms with Crippen LogP contribution in [-0.2, 0) is 19.9 Å². The lowest BCUT2D eigenvalue weighted by Gasteiger charge is -2.12. The Morgan fingerprint density at radius 1 is 1.35 bits per heavy atom. The van der Waals surface area contributed by atoms with Crippen LogP contribution < -0.4 is 0 Å². The Hall–Kier alpha value is -1.39. The standard InChI is InChI=1S/C15H18ClFN2O/c1-9-14(10(2)19(3)18-9)8-13(20)7-11-6-12(17)4-5-15(11)16/h4-6,13,20H,7-8H2,1-3H3. The average Bonchev–Trinajstić information content (AvgIpc) is 2.61. The summed E-state index contributed by atoms with van der Waals surface area (Å²) >= 11 is 6.02. The summed E-state index contributed by atoms with van der Waals surface area (Å²) in [6.07, 6.45) is 0.193. The molecule has 0 spiro atoms. The Balaban J connectivity index is 2.13. The molecule has 1 atom stereocenters. The zero-order valence-electron chi connectivity index (χ0n) is 11.8. The van der Waals surface area contributed by atoms with Crippen molar-refractivity contribution >= 4 is 11.6 Å². The van der Waals surface area contributed by atoms with E-state index in [1.165, 1.54) is 18.2 Å². The summed E-state index contributed by atoms with van der Waals surface area (Å²) in [6, 6.07) is 4.20. The maximum absolute atomic E-state index is 13.2. The smallest absolute Gasteiger partial charge is 0.123 e. The second-order valence-electron chi connectivity index (χ2n) is 5.07. The second kappa shape index (κ2) is 5.94. The minimum Gasteiger partial charge on any atom is -0.392 e. The number of aryl methyl sites for hydroxylation is 2. The van der Waals surface area contributed by atoms with Crippen LogP contribution >= 0.6 is 11.6 Å². The van der Waals surface area contributed by atoms with Crippen LogP contribution in [0.15, 0.2) is 18.2 Å². The molecule has 1 aromatic carbocycles. The number of hydrogen-bond donors (Lipinski definition) is 1. The van der Waals surface area contributed by atoms with Crippen molar-refractivity contribution in [2.75, 3.05) is 0 Å². The van der Waals surface area contributed by atoms with Gasteiger partial charge in [0.2, 0.25) is 0 Å². The summed E-state index contributed by atoms with van der Waals surface area (Å²) in [5, 5.41) is 15.0. The summed E-state index contributed by atoms with van der Waals surface area (Å²) in [7, 11) is 1.88. The molecule has 0 bridgehead atoms. The molecule has 3 nitrogen and oxygen atoms in total. The number of aliphatic hydroxyl groups excluding tert-OH is 1. The zero-order valence-corrected chi connectivity index (χ0v) is 12.6. The summed E-state index contributed by atoms with van der Waals surface area (Å²) in [4.78, 5) is 0. The highest BCUT2D eigenvalue weighted by atomic mass is 35.5. The molecule has 1 aromatic heterocycles. The SMILES string of the molecule is Cc1nn(C)c(C)c1CC(O)Cc1cc(F)ccc1Cl. The maximum atomic E-state index is 13.2. The van der Waals surface area contributed by atoms with Gasteiger partial charge >= 0.3 is 0 Å². The molecule has 0 aliphatic carbocycles. The number of nitrogens with zero attached hydrogens (tertiary/aromatic N) is 2. The van der Waals surface area contributed by atoms with Gasteiger partial charge in [0, 0.05) is 30.6 Å². The third-order valence-corrected chi connectivity index (χ3v) is 3.93. The molecule has 0 aliphatic heterocycles. The van der Waals surface area contributed by atoms with Crippen LogP contribution in [0.5, 0.6) is 0 Å². The van der Waals surface area contributed by atoms with Crippen molar-refractivity contribution < 1.29 is 9.50 Å². The Bertz CT molecular complexity index is 625. The first kappa shape index (κ1) is 15.0. The van der Waals surface area contributed by atoms with Crippen LogP contribution in [-0.4, -0.2) is 21.0 Å². The van der Waals surface area contributed by atoms with Crippen molar-refractivity contribution in [3.63, 3.8) is 0 Å². The highest BCUT2D eigenvalue weighted by Gasteiger charge is 2.16. The number of hydrogen-bond acceptors (Lipinski definition) is 2. The van der Waals surface area contributed by atoms with E-state index in [1.807, 2.05) is 20.9 Å². The molecule has 0 saturated carbocycles. The van der Waals surface area contributed by atoms with Crippen molar-refractivity contribution in [3.8, 4) is 0 Å². The molecule has 20 heavy (non-hydrogen) atoms. The third kappa shape index (κ3) is 3.19. The molecule has 0 aliphatic rings. The highest BCUT2D eigenvalue weighted by Crippen LogP contribution is 2.21. The predicted octanol–water partition coefficient (Wildman–Crippen LogP) is 2.98. The largest absolute Gasteiger partial charge is 0.392 e. The van der Waals surface area contributed by atoms with Crippen LogP contribution in [0.3, 0.4) is 0 Å².